The summed E-state index contributed by atoms with van der Waals surface area (Å²) in [4.78, 5) is 14.5. The third-order valence-corrected chi connectivity index (χ3v) is 4.39. The predicted molar refractivity (Wildman–Crippen MR) is 81.9 cm³/mol. The Labute approximate surface area is 127 Å². The number of hydrogen-bond donors (Lipinski definition) is 2. The Morgan fingerprint density at radius 3 is 2.71 bits per heavy atom. The fourth-order valence-electron chi connectivity index (χ4n) is 2.40. The topological polar surface area (TPSA) is 60.8 Å². The minimum absolute atomic E-state index is 0.0404. The molecule has 2 N–H and O–H groups in total. The molecule has 0 unspecified atom stereocenters. The van der Waals surface area contributed by atoms with Crippen LogP contribution < -0.4 is 0 Å². The molecule has 1 aromatic heterocycles. The van der Waals surface area contributed by atoms with Gasteiger partial charge in [-0.1, -0.05) is 0 Å². The minimum atomic E-state index is -0.161. The zero-order chi connectivity index (χ0) is 14.8. The second-order valence-corrected chi connectivity index (χ2v) is 6.17. The van der Waals surface area contributed by atoms with Crippen molar-refractivity contribution in [3.63, 3.8) is 0 Å². The maximum Gasteiger partial charge on any atom is 0.180 e. The molecule has 110 valence electrons. The number of benzene rings is 1. The number of rotatable bonds is 6. The van der Waals surface area contributed by atoms with Crippen LogP contribution in [0.4, 0.5) is 0 Å². The first-order valence-corrected chi connectivity index (χ1v) is 7.88. The van der Waals surface area contributed by atoms with E-state index < -0.39 is 0 Å². The van der Waals surface area contributed by atoms with Crippen LogP contribution in [0.5, 0.6) is 11.5 Å². The van der Waals surface area contributed by atoms with Crippen molar-refractivity contribution in [2.45, 2.75) is 25.4 Å². The fourth-order valence-corrected chi connectivity index (χ4v) is 3.06. The van der Waals surface area contributed by atoms with Gasteiger partial charge in [0.1, 0.15) is 11.5 Å². The summed E-state index contributed by atoms with van der Waals surface area (Å²) in [6.07, 6.45) is 2.25. The summed E-state index contributed by atoms with van der Waals surface area (Å²) in [7, 11) is 0. The minimum Gasteiger partial charge on any atom is -0.508 e. The summed E-state index contributed by atoms with van der Waals surface area (Å²) < 4.78 is 0. The highest BCUT2D eigenvalue weighted by Gasteiger charge is 2.31. The van der Waals surface area contributed by atoms with Crippen LogP contribution in [0.2, 0.25) is 0 Å². The summed E-state index contributed by atoms with van der Waals surface area (Å²) in [6.45, 7) is 1.05. The number of nitrogens with zero attached hydrogens (tertiary/aromatic N) is 1. The summed E-state index contributed by atoms with van der Waals surface area (Å²) in [5.74, 6) is -0.317. The zero-order valence-electron chi connectivity index (χ0n) is 11.5. The Morgan fingerprint density at radius 1 is 1.29 bits per heavy atom. The van der Waals surface area contributed by atoms with E-state index in [-0.39, 0.29) is 22.8 Å². The molecule has 1 aliphatic carbocycles. The van der Waals surface area contributed by atoms with Gasteiger partial charge in [0.2, 0.25) is 0 Å². The highest BCUT2D eigenvalue weighted by atomic mass is 32.1. The molecule has 0 spiro atoms. The number of phenols is 2. The molecule has 2 aromatic rings. The molecular formula is C16H17NO3S. The lowest BCUT2D eigenvalue weighted by Crippen LogP contribution is -2.31. The van der Waals surface area contributed by atoms with Crippen molar-refractivity contribution in [1.29, 1.82) is 0 Å². The Morgan fingerprint density at radius 2 is 2.10 bits per heavy atom. The van der Waals surface area contributed by atoms with Crippen molar-refractivity contribution in [2.24, 2.45) is 0 Å². The summed E-state index contributed by atoms with van der Waals surface area (Å²) in [6, 6.07) is 6.64. The number of phenolic OH excluding ortho intramolecular Hbond substituents is 2. The van der Waals surface area contributed by atoms with Gasteiger partial charge in [0.25, 0.3) is 0 Å². The van der Waals surface area contributed by atoms with E-state index in [0.717, 1.165) is 19.4 Å². The summed E-state index contributed by atoms with van der Waals surface area (Å²) in [5, 5.41) is 23.2. The van der Waals surface area contributed by atoms with Crippen molar-refractivity contribution in [2.75, 3.05) is 6.54 Å². The van der Waals surface area contributed by atoms with Crippen LogP contribution in [0.25, 0.3) is 0 Å². The van der Waals surface area contributed by atoms with Crippen LogP contribution in [0.3, 0.4) is 0 Å². The molecule has 1 saturated carbocycles. The number of carbonyl (C=O) groups is 1. The molecule has 3 rings (SSSR count). The zero-order valence-corrected chi connectivity index (χ0v) is 12.3. The van der Waals surface area contributed by atoms with Crippen LogP contribution in [-0.2, 0) is 6.54 Å². The molecule has 1 aromatic carbocycles. The molecule has 0 radical (unpaired) electrons. The number of thiophene rings is 1. The molecule has 0 amide bonds. The van der Waals surface area contributed by atoms with E-state index in [1.807, 2.05) is 5.38 Å². The maximum atomic E-state index is 12.4. The van der Waals surface area contributed by atoms with Crippen LogP contribution >= 0.6 is 11.3 Å². The van der Waals surface area contributed by atoms with Gasteiger partial charge in [-0.25, -0.2) is 0 Å². The van der Waals surface area contributed by atoms with Gasteiger partial charge < -0.3 is 10.2 Å². The molecule has 4 nitrogen and oxygen atoms in total. The van der Waals surface area contributed by atoms with E-state index in [9.17, 15) is 15.0 Å². The van der Waals surface area contributed by atoms with Crippen molar-refractivity contribution >= 4 is 17.1 Å². The first-order valence-electron chi connectivity index (χ1n) is 6.94. The third-order valence-electron chi connectivity index (χ3n) is 3.66. The maximum absolute atomic E-state index is 12.4. The molecule has 1 aliphatic rings. The Hall–Kier alpha value is -1.85. The van der Waals surface area contributed by atoms with Crippen LogP contribution in [-0.4, -0.2) is 33.5 Å². The van der Waals surface area contributed by atoms with E-state index in [1.165, 1.54) is 23.8 Å². The van der Waals surface area contributed by atoms with Crippen molar-refractivity contribution in [3.8, 4) is 11.5 Å². The number of ketones is 1. The highest BCUT2D eigenvalue weighted by molar-refractivity contribution is 7.07. The van der Waals surface area contributed by atoms with E-state index in [2.05, 4.69) is 16.3 Å². The summed E-state index contributed by atoms with van der Waals surface area (Å²) in [5.41, 5.74) is 1.48. The van der Waals surface area contributed by atoms with Crippen molar-refractivity contribution < 1.29 is 15.0 Å². The predicted octanol–water partition coefficient (Wildman–Crippen LogP) is 3.01. The van der Waals surface area contributed by atoms with Gasteiger partial charge in [-0.05, 0) is 47.4 Å². The van der Waals surface area contributed by atoms with Gasteiger partial charge in [0.05, 0.1) is 12.1 Å². The van der Waals surface area contributed by atoms with Crippen LogP contribution in [0, 0.1) is 0 Å². The first kappa shape index (κ1) is 14.1. The molecule has 0 atom stereocenters. The summed E-state index contributed by atoms with van der Waals surface area (Å²) >= 11 is 1.65. The average molecular weight is 303 g/mol. The fraction of sp³-hybridized carbons (Fsp3) is 0.312. The van der Waals surface area contributed by atoms with Crippen molar-refractivity contribution in [1.82, 2.24) is 4.90 Å². The molecule has 0 saturated heterocycles. The lowest BCUT2D eigenvalue weighted by molar-refractivity contribution is 0.0916. The van der Waals surface area contributed by atoms with E-state index in [4.69, 9.17) is 0 Å². The largest absolute Gasteiger partial charge is 0.508 e. The molecule has 21 heavy (non-hydrogen) atoms. The van der Waals surface area contributed by atoms with Gasteiger partial charge >= 0.3 is 0 Å². The molecule has 1 heterocycles. The number of carbonyl (C=O) groups excluding carboxylic acids is 1. The lowest BCUT2D eigenvalue weighted by Gasteiger charge is -2.20. The molecule has 0 bridgehead atoms. The quantitative estimate of drug-likeness (QED) is 0.805. The van der Waals surface area contributed by atoms with Gasteiger partial charge in [-0.15, -0.1) is 0 Å². The standard InChI is InChI=1S/C16H17NO3S/c18-13-3-4-14(15(19)7-13)16(20)9-17(12-1-2-12)8-11-5-6-21-10-11/h3-7,10,12,18-19H,1-2,8-9H2. The second kappa shape index (κ2) is 5.87. The molecule has 0 aliphatic heterocycles. The Balaban J connectivity index is 1.71. The first-order chi connectivity index (χ1) is 10.1. The Kier molecular flexibility index (Phi) is 3.94. The second-order valence-electron chi connectivity index (χ2n) is 5.39. The molecular weight excluding hydrogens is 286 g/mol. The number of Topliss-reactive ketones (excluding diaryl/α,β-unsaturated/α-hetero) is 1. The third kappa shape index (κ3) is 3.43. The van der Waals surface area contributed by atoms with Gasteiger partial charge in [-0.3, -0.25) is 9.69 Å². The van der Waals surface area contributed by atoms with E-state index in [1.54, 1.807) is 11.3 Å². The molecule has 1 fully saturated rings. The van der Waals surface area contributed by atoms with E-state index >= 15 is 0 Å². The van der Waals surface area contributed by atoms with Crippen LogP contribution in [0.15, 0.2) is 35.0 Å². The number of hydrogen-bond acceptors (Lipinski definition) is 5. The smallest absolute Gasteiger partial charge is 0.180 e. The van der Waals surface area contributed by atoms with Gasteiger partial charge in [0.15, 0.2) is 5.78 Å². The van der Waals surface area contributed by atoms with Crippen LogP contribution in [0.1, 0.15) is 28.8 Å². The highest BCUT2D eigenvalue weighted by Crippen LogP contribution is 2.30. The number of aromatic hydroxyl groups is 2. The van der Waals surface area contributed by atoms with Gasteiger partial charge in [-0.2, -0.15) is 11.3 Å². The molecule has 5 heteroatoms. The lowest BCUT2D eigenvalue weighted by atomic mass is 10.1. The average Bonchev–Trinajstić information content (AvgIpc) is 3.16. The monoisotopic (exact) mass is 303 g/mol. The van der Waals surface area contributed by atoms with Gasteiger partial charge in [0, 0.05) is 18.7 Å². The normalized spacial score (nSPS) is 14.5. The SMILES string of the molecule is O=C(CN(Cc1ccsc1)C1CC1)c1ccc(O)cc1O. The van der Waals surface area contributed by atoms with Crippen molar-refractivity contribution in [3.05, 3.63) is 46.2 Å². The Bertz CT molecular complexity index is 635. The van der Waals surface area contributed by atoms with E-state index in [0.29, 0.717) is 12.6 Å².